The van der Waals surface area contributed by atoms with Crippen LogP contribution >= 0.6 is 0 Å². The van der Waals surface area contributed by atoms with Crippen LogP contribution in [0.1, 0.15) is 53.0 Å². The second kappa shape index (κ2) is 7.45. The second-order valence-electron chi connectivity index (χ2n) is 6.97. The maximum absolute atomic E-state index is 12.5. The van der Waals surface area contributed by atoms with E-state index in [2.05, 4.69) is 22.2 Å². The van der Waals surface area contributed by atoms with Crippen LogP contribution in [-0.2, 0) is 4.79 Å². The summed E-state index contributed by atoms with van der Waals surface area (Å²) in [5.41, 5.74) is 0.0446. The van der Waals surface area contributed by atoms with Crippen molar-refractivity contribution in [3.63, 3.8) is 0 Å². The van der Waals surface area contributed by atoms with Gasteiger partial charge in [-0.1, -0.05) is 6.92 Å². The van der Waals surface area contributed by atoms with Crippen LogP contribution in [0.15, 0.2) is 12.3 Å². The highest BCUT2D eigenvalue weighted by Gasteiger charge is 2.35. The Balaban J connectivity index is 1.94. The monoisotopic (exact) mass is 322 g/mol. The zero-order valence-corrected chi connectivity index (χ0v) is 14.7. The van der Waals surface area contributed by atoms with Gasteiger partial charge >= 0.3 is 0 Å². The molecule has 1 atom stereocenters. The van der Waals surface area contributed by atoms with Crippen LogP contribution < -0.4 is 5.32 Å². The lowest BCUT2D eigenvalue weighted by Gasteiger charge is -2.42. The smallest absolute Gasteiger partial charge is 0.242 e. The molecule has 0 saturated carbocycles. The molecule has 1 aromatic rings. The quantitative estimate of drug-likeness (QED) is 0.843. The number of likely N-dealkylation sites (tertiary alicyclic amines) is 1. The van der Waals surface area contributed by atoms with Crippen molar-refractivity contribution in [2.24, 2.45) is 5.41 Å². The maximum Gasteiger partial charge on any atom is 0.242 e. The Morgan fingerprint density at radius 3 is 2.57 bits per heavy atom. The molecule has 1 amide bonds. The van der Waals surface area contributed by atoms with Crippen molar-refractivity contribution in [3.8, 4) is 0 Å². The predicted octanol–water partition coefficient (Wildman–Crippen LogP) is 2.28. The number of aromatic nitrogens is 2. The normalized spacial score (nSPS) is 19.7. The Morgan fingerprint density at radius 1 is 1.39 bits per heavy atom. The van der Waals surface area contributed by atoms with E-state index in [1.807, 2.05) is 31.5 Å². The van der Waals surface area contributed by atoms with Crippen LogP contribution in [0.4, 0.5) is 5.82 Å². The Kier molecular flexibility index (Phi) is 5.81. The van der Waals surface area contributed by atoms with Gasteiger partial charge in [-0.25, -0.2) is 4.68 Å². The fourth-order valence-corrected chi connectivity index (χ4v) is 3.23. The minimum Gasteiger partial charge on any atom is -0.396 e. The third-order valence-electron chi connectivity index (χ3n) is 5.28. The number of carbonyl (C=O) groups is 1. The Labute approximate surface area is 138 Å². The first-order chi connectivity index (χ1) is 10.9. The molecule has 0 aliphatic carbocycles. The topological polar surface area (TPSA) is 70.4 Å². The molecule has 6 nitrogen and oxygen atoms in total. The van der Waals surface area contributed by atoms with Crippen molar-refractivity contribution in [1.29, 1.82) is 0 Å². The van der Waals surface area contributed by atoms with Gasteiger partial charge in [0.1, 0.15) is 5.82 Å². The summed E-state index contributed by atoms with van der Waals surface area (Å²) in [4.78, 5) is 14.7. The first-order valence-electron chi connectivity index (χ1n) is 8.62. The van der Waals surface area contributed by atoms with Crippen molar-refractivity contribution in [1.82, 2.24) is 14.7 Å². The van der Waals surface area contributed by atoms with Gasteiger partial charge in [-0.15, -0.1) is 0 Å². The van der Waals surface area contributed by atoms with E-state index in [0.717, 1.165) is 38.2 Å². The number of hydrogen-bond acceptors (Lipinski definition) is 4. The lowest BCUT2D eigenvalue weighted by atomic mass is 9.76. The highest BCUT2D eigenvalue weighted by atomic mass is 16.3. The van der Waals surface area contributed by atoms with E-state index in [4.69, 9.17) is 0 Å². The van der Waals surface area contributed by atoms with E-state index >= 15 is 0 Å². The molecule has 0 aromatic carbocycles. The molecular formula is C17H30N4O2. The fourth-order valence-electron chi connectivity index (χ4n) is 3.23. The van der Waals surface area contributed by atoms with E-state index in [-0.39, 0.29) is 30.0 Å². The number of nitrogens with zero attached hydrogens (tertiary/aromatic N) is 3. The zero-order valence-electron chi connectivity index (χ0n) is 14.7. The van der Waals surface area contributed by atoms with Crippen LogP contribution in [0.3, 0.4) is 0 Å². The Bertz CT molecular complexity index is 512. The lowest BCUT2D eigenvalue weighted by molar-refractivity contribution is -0.122. The molecule has 1 aromatic heterocycles. The number of rotatable bonds is 6. The molecule has 2 N–H and O–H groups in total. The number of anilines is 1. The highest BCUT2D eigenvalue weighted by Crippen LogP contribution is 2.34. The van der Waals surface area contributed by atoms with Gasteiger partial charge in [0.05, 0.1) is 12.2 Å². The van der Waals surface area contributed by atoms with Crippen molar-refractivity contribution >= 4 is 11.7 Å². The summed E-state index contributed by atoms with van der Waals surface area (Å²) in [6.45, 7) is 10.1. The van der Waals surface area contributed by atoms with Gasteiger partial charge in [-0.2, -0.15) is 5.10 Å². The number of aliphatic hydroxyl groups excluding tert-OH is 1. The van der Waals surface area contributed by atoms with Crippen molar-refractivity contribution in [3.05, 3.63) is 12.3 Å². The van der Waals surface area contributed by atoms with Crippen molar-refractivity contribution < 1.29 is 9.90 Å². The minimum absolute atomic E-state index is 0.000368. The average molecular weight is 322 g/mol. The van der Waals surface area contributed by atoms with Crippen LogP contribution in [0.2, 0.25) is 0 Å². The van der Waals surface area contributed by atoms with E-state index in [9.17, 15) is 9.90 Å². The zero-order chi connectivity index (χ0) is 17.0. The average Bonchev–Trinajstić information content (AvgIpc) is 3.02. The van der Waals surface area contributed by atoms with Crippen LogP contribution in [0.5, 0.6) is 0 Å². The van der Waals surface area contributed by atoms with Crippen LogP contribution in [0, 0.1) is 5.41 Å². The number of carbonyl (C=O) groups excluding carboxylic acids is 1. The van der Waals surface area contributed by atoms with Crippen molar-refractivity contribution in [2.45, 2.75) is 59.0 Å². The van der Waals surface area contributed by atoms with Gasteiger partial charge in [0.15, 0.2) is 0 Å². The van der Waals surface area contributed by atoms with Gasteiger partial charge in [-0.3, -0.25) is 9.69 Å². The lowest BCUT2D eigenvalue weighted by Crippen LogP contribution is -2.49. The first kappa shape index (κ1) is 17.9. The molecule has 1 unspecified atom stereocenters. The molecule has 1 aliphatic heterocycles. The summed E-state index contributed by atoms with van der Waals surface area (Å²) in [6.07, 6.45) is 4.59. The predicted molar refractivity (Wildman–Crippen MR) is 91.3 cm³/mol. The van der Waals surface area contributed by atoms with E-state index in [1.165, 1.54) is 0 Å². The Morgan fingerprint density at radius 2 is 2.04 bits per heavy atom. The molecule has 23 heavy (non-hydrogen) atoms. The number of amides is 1. The molecular weight excluding hydrogens is 292 g/mol. The number of hydrogen-bond donors (Lipinski definition) is 2. The highest BCUT2D eigenvalue weighted by molar-refractivity contribution is 5.93. The third-order valence-corrected chi connectivity index (χ3v) is 5.28. The van der Waals surface area contributed by atoms with Gasteiger partial charge in [-0.05, 0) is 58.5 Å². The molecule has 1 fully saturated rings. The van der Waals surface area contributed by atoms with Gasteiger partial charge < -0.3 is 10.4 Å². The maximum atomic E-state index is 12.5. The molecule has 6 heteroatoms. The van der Waals surface area contributed by atoms with Crippen LogP contribution in [-0.4, -0.2) is 51.4 Å². The van der Waals surface area contributed by atoms with Gasteiger partial charge in [0.25, 0.3) is 0 Å². The summed E-state index contributed by atoms with van der Waals surface area (Å²) in [7, 11) is 0. The number of nitrogens with one attached hydrogen (secondary N) is 1. The molecule has 2 rings (SSSR count). The van der Waals surface area contributed by atoms with E-state index in [1.54, 1.807) is 6.20 Å². The summed E-state index contributed by atoms with van der Waals surface area (Å²) >= 11 is 0. The second-order valence-corrected chi connectivity index (χ2v) is 6.97. The Hall–Kier alpha value is -1.40. The summed E-state index contributed by atoms with van der Waals surface area (Å²) in [5, 5.41) is 16.9. The summed E-state index contributed by atoms with van der Waals surface area (Å²) in [5.74, 6) is 0.743. The molecule has 0 radical (unpaired) electrons. The molecule has 0 bridgehead atoms. The molecule has 1 aliphatic rings. The van der Waals surface area contributed by atoms with Crippen molar-refractivity contribution in [2.75, 3.05) is 25.0 Å². The van der Waals surface area contributed by atoms with E-state index in [0.29, 0.717) is 0 Å². The molecule has 0 spiro atoms. The summed E-state index contributed by atoms with van der Waals surface area (Å²) in [6, 6.07) is 1.86. The third kappa shape index (κ3) is 3.93. The fraction of sp³-hybridized carbons (Fsp3) is 0.765. The SMILES string of the molecule is CCC1(CO)CCN(C(C)C(=O)Nc2ccnn2C(C)C)CC1. The largest absolute Gasteiger partial charge is 0.396 e. The van der Waals surface area contributed by atoms with Gasteiger partial charge in [0, 0.05) is 18.7 Å². The standard InChI is InChI=1S/C17H30N4O2/c1-5-17(12-22)7-10-20(11-8-17)14(4)16(23)19-15-6-9-18-21(15)13(2)3/h6,9,13-14,22H,5,7-8,10-12H2,1-4H3,(H,19,23). The number of aliphatic hydroxyl groups is 1. The first-order valence-corrected chi connectivity index (χ1v) is 8.62. The minimum atomic E-state index is -0.181. The van der Waals surface area contributed by atoms with Gasteiger partial charge in [0.2, 0.25) is 5.91 Å². The molecule has 130 valence electrons. The summed E-state index contributed by atoms with van der Waals surface area (Å²) < 4.78 is 1.81. The molecule has 1 saturated heterocycles. The number of piperidine rings is 1. The van der Waals surface area contributed by atoms with E-state index < -0.39 is 0 Å². The van der Waals surface area contributed by atoms with Crippen LogP contribution in [0.25, 0.3) is 0 Å². The molecule has 2 heterocycles.